The zero-order valence-electron chi connectivity index (χ0n) is 5.71. The van der Waals surface area contributed by atoms with Crippen LogP contribution in [0.2, 0.25) is 0 Å². The number of carbonyl (C=O) groups is 1. The van der Waals surface area contributed by atoms with Crippen LogP contribution in [0.4, 0.5) is 0 Å². The van der Waals surface area contributed by atoms with Crippen molar-refractivity contribution >= 4 is 5.91 Å². The van der Waals surface area contributed by atoms with Gasteiger partial charge in [0.2, 0.25) is 5.91 Å². The van der Waals surface area contributed by atoms with Crippen LogP contribution in [0, 0.1) is 5.92 Å². The number of nitrogens with one attached hydrogen (secondary N) is 1. The molecule has 0 aromatic heterocycles. The van der Waals surface area contributed by atoms with Crippen molar-refractivity contribution in [1.82, 2.24) is 5.32 Å². The molecule has 4 heteroatoms. The predicted octanol–water partition coefficient (Wildman–Crippen LogP) is -1.56. The number of β-amino-alcohol motifs (C(OH)–C–C–N with tert-alkyl or cyclic N) is 1. The second-order valence-electron chi connectivity index (χ2n) is 2.66. The Labute approximate surface area is 59.4 Å². The zero-order chi connectivity index (χ0) is 7.56. The molecule has 1 amide bonds. The number of amides is 1. The van der Waals surface area contributed by atoms with Crippen LogP contribution >= 0.6 is 0 Å². The van der Waals surface area contributed by atoms with E-state index >= 15 is 0 Å². The zero-order valence-corrected chi connectivity index (χ0v) is 5.71. The Morgan fingerprint density at radius 3 is 2.80 bits per heavy atom. The highest BCUT2D eigenvalue weighted by Gasteiger charge is 2.25. The van der Waals surface area contributed by atoms with Gasteiger partial charge < -0.3 is 16.2 Å². The van der Waals surface area contributed by atoms with Crippen molar-refractivity contribution in [3.05, 3.63) is 0 Å². The van der Waals surface area contributed by atoms with E-state index in [1.54, 1.807) is 0 Å². The number of nitrogens with two attached hydrogens (primary N) is 1. The summed E-state index contributed by atoms with van der Waals surface area (Å²) >= 11 is 0. The summed E-state index contributed by atoms with van der Waals surface area (Å²) in [5.74, 6) is -0.315. The Bertz CT molecular complexity index is 138. The third kappa shape index (κ3) is 1.68. The van der Waals surface area contributed by atoms with Crippen LogP contribution in [0.25, 0.3) is 0 Å². The number of hydrogen-bond acceptors (Lipinski definition) is 3. The average Bonchev–Trinajstić information content (AvgIpc) is 2.15. The predicted molar refractivity (Wildman–Crippen MR) is 36.2 cm³/mol. The molecular formula is C6H12N2O2. The molecule has 0 aromatic carbocycles. The van der Waals surface area contributed by atoms with Crippen molar-refractivity contribution in [2.45, 2.75) is 12.5 Å². The second kappa shape index (κ2) is 2.98. The van der Waals surface area contributed by atoms with Gasteiger partial charge in [-0.05, 0) is 0 Å². The van der Waals surface area contributed by atoms with Crippen molar-refractivity contribution in [3.63, 3.8) is 0 Å². The van der Waals surface area contributed by atoms with Crippen molar-refractivity contribution in [2.75, 3.05) is 13.1 Å². The van der Waals surface area contributed by atoms with E-state index in [-0.39, 0.29) is 18.2 Å². The summed E-state index contributed by atoms with van der Waals surface area (Å²) in [7, 11) is 0. The van der Waals surface area contributed by atoms with Gasteiger partial charge in [0.05, 0.1) is 6.10 Å². The minimum Gasteiger partial charge on any atom is -0.391 e. The maximum atomic E-state index is 10.4. The van der Waals surface area contributed by atoms with Gasteiger partial charge in [0.25, 0.3) is 0 Å². The van der Waals surface area contributed by atoms with E-state index in [4.69, 9.17) is 10.8 Å². The fourth-order valence-corrected chi connectivity index (χ4v) is 1.19. The first-order valence-electron chi connectivity index (χ1n) is 3.37. The maximum absolute atomic E-state index is 10.4. The van der Waals surface area contributed by atoms with E-state index in [2.05, 4.69) is 5.32 Å². The van der Waals surface area contributed by atoms with Gasteiger partial charge in [-0.1, -0.05) is 0 Å². The lowest BCUT2D eigenvalue weighted by Gasteiger charge is -2.09. The van der Waals surface area contributed by atoms with Crippen molar-refractivity contribution in [3.8, 4) is 0 Å². The molecule has 0 unspecified atom stereocenters. The van der Waals surface area contributed by atoms with Crippen LogP contribution in [0.5, 0.6) is 0 Å². The molecular weight excluding hydrogens is 132 g/mol. The highest BCUT2D eigenvalue weighted by molar-refractivity contribution is 5.74. The minimum absolute atomic E-state index is 0.0255. The van der Waals surface area contributed by atoms with Crippen LogP contribution in [-0.4, -0.2) is 30.2 Å². The fourth-order valence-electron chi connectivity index (χ4n) is 1.19. The van der Waals surface area contributed by atoms with Gasteiger partial charge in [-0.3, -0.25) is 4.79 Å². The fraction of sp³-hybridized carbons (Fsp3) is 0.833. The number of primary amides is 1. The lowest BCUT2D eigenvalue weighted by molar-refractivity contribution is -0.119. The molecule has 58 valence electrons. The molecule has 0 aliphatic carbocycles. The molecule has 1 aliphatic heterocycles. The first-order chi connectivity index (χ1) is 4.70. The minimum atomic E-state index is -0.396. The van der Waals surface area contributed by atoms with Crippen molar-refractivity contribution in [2.24, 2.45) is 11.7 Å². The SMILES string of the molecule is NC(=O)C[C@@H]1CNC[C@@H]1O. The normalized spacial score (nSPS) is 32.5. The van der Waals surface area contributed by atoms with E-state index in [1.807, 2.05) is 0 Å². The molecule has 4 N–H and O–H groups in total. The lowest BCUT2D eigenvalue weighted by atomic mass is 10.0. The molecule has 4 nitrogen and oxygen atoms in total. The second-order valence-corrected chi connectivity index (χ2v) is 2.66. The maximum Gasteiger partial charge on any atom is 0.217 e. The van der Waals surface area contributed by atoms with Crippen LogP contribution in [0.3, 0.4) is 0 Å². The van der Waals surface area contributed by atoms with Crippen molar-refractivity contribution in [1.29, 1.82) is 0 Å². The quantitative estimate of drug-likeness (QED) is 0.439. The molecule has 0 spiro atoms. The van der Waals surface area contributed by atoms with Crippen LogP contribution in [0.1, 0.15) is 6.42 Å². The Hall–Kier alpha value is -0.610. The standard InChI is InChI=1S/C6H12N2O2/c7-6(10)1-4-2-8-3-5(4)9/h4-5,8-9H,1-3H2,(H2,7,10)/t4-,5+/m1/s1. The van der Waals surface area contributed by atoms with E-state index < -0.39 is 6.10 Å². The van der Waals surface area contributed by atoms with Gasteiger partial charge in [0.1, 0.15) is 0 Å². The van der Waals surface area contributed by atoms with Crippen LogP contribution in [0.15, 0.2) is 0 Å². The van der Waals surface area contributed by atoms with Gasteiger partial charge in [0, 0.05) is 25.4 Å². The lowest BCUT2D eigenvalue weighted by Crippen LogP contribution is -2.24. The van der Waals surface area contributed by atoms with Gasteiger partial charge in [0.15, 0.2) is 0 Å². The summed E-state index contributed by atoms with van der Waals surface area (Å²) in [6, 6.07) is 0. The summed E-state index contributed by atoms with van der Waals surface area (Å²) in [6.07, 6.45) is -0.110. The van der Waals surface area contributed by atoms with E-state index in [1.165, 1.54) is 0 Å². The highest BCUT2D eigenvalue weighted by atomic mass is 16.3. The summed E-state index contributed by atoms with van der Waals surface area (Å²) in [6.45, 7) is 1.28. The Morgan fingerprint density at radius 1 is 1.70 bits per heavy atom. The first kappa shape index (κ1) is 7.50. The van der Waals surface area contributed by atoms with Crippen LogP contribution < -0.4 is 11.1 Å². The highest BCUT2D eigenvalue weighted by Crippen LogP contribution is 2.11. The molecule has 1 aliphatic rings. The molecule has 1 saturated heterocycles. The Balaban J connectivity index is 2.33. The smallest absolute Gasteiger partial charge is 0.217 e. The number of rotatable bonds is 2. The van der Waals surface area contributed by atoms with Crippen molar-refractivity contribution < 1.29 is 9.90 Å². The molecule has 1 rings (SSSR count). The molecule has 0 bridgehead atoms. The van der Waals surface area contributed by atoms with E-state index in [0.29, 0.717) is 13.1 Å². The molecule has 0 aromatic rings. The van der Waals surface area contributed by atoms with Crippen LogP contribution in [-0.2, 0) is 4.79 Å². The number of hydrogen-bond donors (Lipinski definition) is 3. The van der Waals surface area contributed by atoms with Gasteiger partial charge in [-0.25, -0.2) is 0 Å². The van der Waals surface area contributed by atoms with E-state index in [9.17, 15) is 4.79 Å². The molecule has 0 radical (unpaired) electrons. The molecule has 10 heavy (non-hydrogen) atoms. The first-order valence-corrected chi connectivity index (χ1v) is 3.37. The summed E-state index contributed by atoms with van der Waals surface area (Å²) < 4.78 is 0. The van der Waals surface area contributed by atoms with Gasteiger partial charge in [-0.15, -0.1) is 0 Å². The Morgan fingerprint density at radius 2 is 2.40 bits per heavy atom. The van der Waals surface area contributed by atoms with E-state index in [0.717, 1.165) is 0 Å². The average molecular weight is 144 g/mol. The summed E-state index contributed by atoms with van der Waals surface area (Å²) in [4.78, 5) is 10.4. The summed E-state index contributed by atoms with van der Waals surface area (Å²) in [5, 5.41) is 12.1. The molecule has 2 atom stereocenters. The molecule has 1 fully saturated rings. The number of carbonyl (C=O) groups excluding carboxylic acids is 1. The molecule has 1 heterocycles. The molecule has 0 saturated carbocycles. The summed E-state index contributed by atoms with van der Waals surface area (Å²) in [5.41, 5.74) is 4.96. The third-order valence-corrected chi connectivity index (χ3v) is 1.77. The monoisotopic (exact) mass is 144 g/mol. The largest absolute Gasteiger partial charge is 0.391 e. The van der Waals surface area contributed by atoms with Gasteiger partial charge >= 0.3 is 0 Å². The Kier molecular flexibility index (Phi) is 2.24. The van der Waals surface area contributed by atoms with Gasteiger partial charge in [-0.2, -0.15) is 0 Å². The third-order valence-electron chi connectivity index (χ3n) is 1.77. The number of aliphatic hydroxyl groups is 1. The topological polar surface area (TPSA) is 75.4 Å². The number of aliphatic hydroxyl groups excluding tert-OH is 1.